The van der Waals surface area contributed by atoms with Gasteiger partial charge in [0.05, 0.1) is 166 Å². The van der Waals surface area contributed by atoms with Crippen LogP contribution in [0.3, 0.4) is 0 Å². The Labute approximate surface area is 778 Å². The first-order chi connectivity index (χ1) is 59.7. The van der Waals surface area contributed by atoms with Crippen LogP contribution in [0.15, 0.2) is 0 Å². The summed E-state index contributed by atoms with van der Waals surface area (Å²) in [5.41, 5.74) is 0. The first-order valence-electron chi connectivity index (χ1n) is 48.9. The number of hydrogen-bond donors (Lipinski definition) is 0. The number of rotatable bonds is 54. The van der Waals surface area contributed by atoms with E-state index in [0.717, 1.165) is 51.7 Å². The van der Waals surface area contributed by atoms with E-state index in [1.165, 1.54) is 0 Å². The highest BCUT2D eigenvalue weighted by atomic mass is 19.1. The van der Waals surface area contributed by atoms with Gasteiger partial charge in [-0.3, -0.25) is 14.4 Å². The molecule has 1 unspecified atom stereocenters. The van der Waals surface area contributed by atoms with Crippen molar-refractivity contribution >= 4 is 17.3 Å². The van der Waals surface area contributed by atoms with Crippen LogP contribution in [0, 0.1) is 0 Å². The molecule has 0 aliphatic carbocycles. The van der Waals surface area contributed by atoms with Crippen molar-refractivity contribution in [3.63, 3.8) is 0 Å². The second kappa shape index (κ2) is 66.5. The molecule has 0 saturated carbocycles. The summed E-state index contributed by atoms with van der Waals surface area (Å²) in [4.78, 5) is 42.6. The molecule has 6 rings (SSSR count). The van der Waals surface area contributed by atoms with Crippen LogP contribution in [-0.2, 0) is 119 Å². The lowest BCUT2D eigenvalue weighted by atomic mass is 10.0. The van der Waals surface area contributed by atoms with Crippen LogP contribution >= 0.6 is 0 Å². The topological polar surface area (TPSA) is 264 Å². The summed E-state index contributed by atoms with van der Waals surface area (Å²) < 4.78 is 142. The molecule has 0 amide bonds. The number of halogens is 1. The Morgan fingerprint density at radius 2 is 0.555 bits per heavy atom. The second-order valence-corrected chi connectivity index (χ2v) is 39.7. The molecule has 6 saturated heterocycles. The smallest absolute Gasteiger partial charge is 0.158 e. The van der Waals surface area contributed by atoms with Gasteiger partial charge >= 0.3 is 0 Å². The van der Waals surface area contributed by atoms with E-state index in [1.54, 1.807) is 0 Å². The Morgan fingerprint density at radius 1 is 0.305 bits per heavy atom. The Balaban J connectivity index is 0.000000776. The first-order valence-corrected chi connectivity index (χ1v) is 48.9. The average Bonchev–Trinajstić information content (AvgIpc) is 1.67. The quantitative estimate of drug-likeness (QED) is 0.0548. The molecule has 6 aliphatic rings. The van der Waals surface area contributed by atoms with Crippen molar-refractivity contribution in [2.75, 3.05) is 108 Å². The van der Waals surface area contributed by atoms with Gasteiger partial charge < -0.3 is 119 Å². The number of hydrogen-bond acceptors (Lipinski definition) is 28. The van der Waals surface area contributed by atoms with Gasteiger partial charge in [0.2, 0.25) is 0 Å². The minimum Gasteiger partial charge on any atom is -0.376 e. The van der Waals surface area contributed by atoms with Crippen molar-refractivity contribution in [1.29, 1.82) is 0 Å². The van der Waals surface area contributed by atoms with E-state index in [2.05, 4.69) is 70.1 Å². The lowest BCUT2D eigenvalue weighted by Crippen LogP contribution is -2.44. The Morgan fingerprint density at radius 3 is 0.805 bits per heavy atom. The number of carbonyl (C=O) groups is 3. The third kappa shape index (κ3) is 52.5. The monoisotopic (exact) mass is 1840 g/mol. The van der Waals surface area contributed by atoms with Crippen molar-refractivity contribution in [2.45, 2.75) is 519 Å². The van der Waals surface area contributed by atoms with E-state index in [9.17, 15) is 18.8 Å². The van der Waals surface area contributed by atoms with Crippen LogP contribution in [0.25, 0.3) is 0 Å². The van der Waals surface area contributed by atoms with E-state index < -0.39 is 6.67 Å². The number of nitrogens with zero attached hydrogens (tertiary/aromatic N) is 3. The molecule has 29 heteroatoms. The van der Waals surface area contributed by atoms with E-state index >= 15 is 0 Å². The maximum Gasteiger partial charge on any atom is 0.158 e. The van der Waals surface area contributed by atoms with Crippen molar-refractivity contribution in [2.24, 2.45) is 0 Å². The zero-order valence-corrected chi connectivity index (χ0v) is 88.1. The maximum absolute atomic E-state index is 12.3. The van der Waals surface area contributed by atoms with Gasteiger partial charge in [0.25, 0.3) is 0 Å². The second-order valence-electron chi connectivity index (χ2n) is 39.7. The van der Waals surface area contributed by atoms with Crippen molar-refractivity contribution in [3.05, 3.63) is 0 Å². The normalized spacial score (nSPS) is 29.3. The van der Waals surface area contributed by atoms with E-state index in [-0.39, 0.29) is 276 Å². The maximum atomic E-state index is 12.3. The van der Waals surface area contributed by atoms with E-state index in [1.807, 2.05) is 222 Å². The van der Waals surface area contributed by atoms with Crippen molar-refractivity contribution < 1.29 is 123 Å². The lowest BCUT2D eigenvalue weighted by Gasteiger charge is -2.29. The van der Waals surface area contributed by atoms with Crippen LogP contribution < -0.4 is 0 Å². The molecule has 128 heavy (non-hydrogen) atoms. The summed E-state index contributed by atoms with van der Waals surface area (Å²) in [6, 6.07) is 0. The van der Waals surface area contributed by atoms with Crippen LogP contribution in [0.2, 0.25) is 0 Å². The number of alkyl halides is 1. The molecule has 0 radical (unpaired) electrons. The van der Waals surface area contributed by atoms with Gasteiger partial charge in [0.1, 0.15) is 112 Å². The van der Waals surface area contributed by atoms with Gasteiger partial charge in [-0.2, -0.15) is 0 Å². The highest BCUT2D eigenvalue weighted by Gasteiger charge is 2.51. The molecule has 0 aromatic carbocycles. The largest absolute Gasteiger partial charge is 0.376 e. The Bertz CT molecular complexity index is 2670. The molecule has 28 nitrogen and oxygen atoms in total. The van der Waals surface area contributed by atoms with Gasteiger partial charge in [-0.1, -0.05) is 0 Å². The number of ether oxygens (including phenoxy) is 22. The summed E-state index contributed by atoms with van der Waals surface area (Å²) in [6.45, 7) is 72.1. The summed E-state index contributed by atoms with van der Waals surface area (Å²) in [6.07, 6.45) is 5.54. The predicted molar refractivity (Wildman–Crippen MR) is 504 cm³/mol. The summed E-state index contributed by atoms with van der Waals surface area (Å²) in [5.74, 6) is 0.369. The van der Waals surface area contributed by atoms with E-state index in [0.29, 0.717) is 32.5 Å². The number of ketones is 3. The molecule has 0 N–H and O–H groups in total. The van der Waals surface area contributed by atoms with Gasteiger partial charge in [0.15, 0.2) is 17.3 Å². The van der Waals surface area contributed by atoms with Crippen LogP contribution in [0.5, 0.6) is 0 Å². The third-order valence-corrected chi connectivity index (χ3v) is 21.2. The predicted octanol–water partition coefficient (Wildman–Crippen LogP) is 15.5. The van der Waals surface area contributed by atoms with Gasteiger partial charge in [-0.25, -0.2) is 4.39 Å². The van der Waals surface area contributed by atoms with Crippen LogP contribution in [0.4, 0.5) is 4.39 Å². The molecule has 6 aliphatic heterocycles. The summed E-state index contributed by atoms with van der Waals surface area (Å²) >= 11 is 0. The Hall–Kier alpha value is -2.06. The minimum absolute atomic E-state index is 0.0459. The van der Waals surface area contributed by atoms with E-state index in [4.69, 9.17) is 104 Å². The first kappa shape index (κ1) is 124. The summed E-state index contributed by atoms with van der Waals surface area (Å²) in [5, 5.41) is 0. The standard InChI is InChI=1S/2C20H39NO5.C19H37NO5.C14H27FO4.2C13H26O3/c2*1-13(2)24-16(6)19-20(25-14(3)4)18(15(5)26-19)23-12-17(22)10-9-11-21(7)8;1-13(2)22-12-17-19(24-14(3)4)18(15(5)25-17)23-11-16(21)9-8-10-20(6)7;1-9(2)17-8-12-14(18-10(3)4)13(11(5)19-12)16-7-6-15;2*1-8(2)14-11(6)13-12(15-9(3)4)7-10(5)16-13/h2*13-16,18-20H,9-12H2,1-8H3;13-15,17-19H,8-12H2,1-7H3;9-14H,6-8H2,1-5H3;2*8-13H,7H2,1-6H3/t15-,16+,18-,19+,20-;15-,16-,18-,19+,20-;15-,17+,18-,19+;11-,12+,13?,14+;10-,11+,12-,13+;10-,11-,12-,13+/m000000/s1. The van der Waals surface area contributed by atoms with Crippen LogP contribution in [-0.4, -0.2) is 372 Å². The zero-order valence-electron chi connectivity index (χ0n) is 88.1. The molecule has 26 atom stereocenters. The average molecular weight is 1850 g/mol. The van der Waals surface area contributed by atoms with Crippen molar-refractivity contribution in [1.82, 2.24) is 14.7 Å². The molecule has 0 aromatic heterocycles. The molecule has 0 bridgehead atoms. The fourth-order valence-corrected chi connectivity index (χ4v) is 16.3. The van der Waals surface area contributed by atoms with Gasteiger partial charge in [0, 0.05) is 32.1 Å². The zero-order chi connectivity index (χ0) is 97.7. The minimum atomic E-state index is -0.495. The van der Waals surface area contributed by atoms with Gasteiger partial charge in [-0.15, -0.1) is 0 Å². The molecule has 6 heterocycles. The number of carbonyl (C=O) groups excluding carboxylic acids is 3. The lowest BCUT2D eigenvalue weighted by molar-refractivity contribution is -0.137. The highest BCUT2D eigenvalue weighted by molar-refractivity contribution is 5.80. The van der Waals surface area contributed by atoms with Crippen LogP contribution in [0.1, 0.15) is 287 Å². The molecular formula is C99H194FN3O25. The number of Topliss-reactive ketones (excluding diaryl/α,β-unsaturated/α-hetero) is 3. The van der Waals surface area contributed by atoms with Crippen molar-refractivity contribution in [3.8, 4) is 0 Å². The summed E-state index contributed by atoms with van der Waals surface area (Å²) in [7, 11) is 12.0. The molecule has 6 fully saturated rings. The molecule has 0 aromatic rings. The molecule has 762 valence electrons. The third-order valence-electron chi connectivity index (χ3n) is 21.2. The SMILES string of the molecule is CC(C)OC[C@H]1O[C@@H](C)C(OCCF)[C@@H]1OC(C)C.CC(C)OC[C@H]1O[C@@H](C)[C@H](OCC(=O)CCCN(C)C)[C@@H]1OC(C)C.CC(C)O[C@@H](C)[C@H]1O[C@@H](C)C[C@@H]1OC(C)C.CC(C)O[C@H]1C[C@H](C)O[C@@H]1[C@@H](C)OC(C)C.CC(C)O[C@H]1[C@@H](OCC(=O)CCCN(C)C)[C@H](C)O[C@@H]1[C@@H](C)OC(C)C.CC(C)O[C@H]1[C@@H](OCC(=O)CCCN(C)C)[C@H](C)O[C@@H]1[C@H](C)OC(C)C. The molecular weight excluding hydrogens is 1650 g/mol. The fraction of sp³-hybridized carbons (Fsp3) is 0.970. The Kier molecular flexibility index (Phi) is 64.4. The highest BCUT2D eigenvalue weighted by Crippen LogP contribution is 2.36. The fourth-order valence-electron chi connectivity index (χ4n) is 16.3. The molecule has 0 spiro atoms. The van der Waals surface area contributed by atoms with Gasteiger partial charge in [-0.05, 0) is 317 Å².